The van der Waals surface area contributed by atoms with E-state index >= 15 is 0 Å². The van der Waals surface area contributed by atoms with Crippen molar-refractivity contribution >= 4 is 17.9 Å². The van der Waals surface area contributed by atoms with Crippen LogP contribution in [0.15, 0.2) is 158 Å². The van der Waals surface area contributed by atoms with Crippen molar-refractivity contribution in [2.45, 2.75) is 290 Å². The van der Waals surface area contributed by atoms with Crippen LogP contribution in [0, 0.1) is 0 Å². The number of allylic oxidation sites excluding steroid dienone is 26. The minimum atomic E-state index is -0.799. The van der Waals surface area contributed by atoms with Crippen LogP contribution in [-0.4, -0.2) is 37.2 Å². The summed E-state index contributed by atoms with van der Waals surface area (Å²) in [5.41, 5.74) is 0. The minimum Gasteiger partial charge on any atom is -0.462 e. The quantitative estimate of drug-likeness (QED) is 0.0261. The van der Waals surface area contributed by atoms with Gasteiger partial charge in [-0.05, 0) is 141 Å². The highest BCUT2D eigenvalue weighted by molar-refractivity contribution is 5.71. The summed E-state index contributed by atoms with van der Waals surface area (Å²) < 4.78 is 16.9. The van der Waals surface area contributed by atoms with E-state index in [-0.39, 0.29) is 31.1 Å². The van der Waals surface area contributed by atoms with Crippen molar-refractivity contribution in [1.82, 2.24) is 0 Å². The van der Waals surface area contributed by atoms with Gasteiger partial charge in [-0.3, -0.25) is 14.4 Å². The molecule has 0 aromatic heterocycles. The summed E-state index contributed by atoms with van der Waals surface area (Å²) in [5, 5.41) is 0. The molecule has 0 aliphatic carbocycles. The molecule has 6 heteroatoms. The SMILES string of the molecule is CC/C=C\C/C=C\C/C=C\C/C=C\C/C=C\C/C=C\CCCCCCCCCCCCC(=O)OCC(COC(=O)CCCCCCC/C=C\CCC)OC(=O)CCCCCCCC/C=C\C/C=C\C/C=C\C/C=C\C/C=C\C/C=C\CC. The van der Waals surface area contributed by atoms with Crippen molar-refractivity contribution in [3.05, 3.63) is 158 Å². The first-order valence-electron chi connectivity index (χ1n) is 33.5. The van der Waals surface area contributed by atoms with Crippen LogP contribution in [0.4, 0.5) is 0 Å². The van der Waals surface area contributed by atoms with Gasteiger partial charge < -0.3 is 14.2 Å². The van der Waals surface area contributed by atoms with Gasteiger partial charge >= 0.3 is 17.9 Å². The lowest BCUT2D eigenvalue weighted by molar-refractivity contribution is -0.167. The highest BCUT2D eigenvalue weighted by Crippen LogP contribution is 2.15. The molecular weight excluding hydrogens is 1010 g/mol. The average molecular weight is 1130 g/mol. The molecule has 0 heterocycles. The normalized spacial score (nSPS) is 13.2. The van der Waals surface area contributed by atoms with Gasteiger partial charge in [0.2, 0.25) is 0 Å². The fourth-order valence-electron chi connectivity index (χ4n) is 8.80. The van der Waals surface area contributed by atoms with Crippen molar-refractivity contribution < 1.29 is 28.6 Å². The van der Waals surface area contributed by atoms with Crippen molar-refractivity contribution in [3.63, 3.8) is 0 Å². The number of carbonyl (C=O) groups is 3. The number of carbonyl (C=O) groups excluding carboxylic acids is 3. The number of rotatable bonds is 59. The minimum absolute atomic E-state index is 0.0945. The van der Waals surface area contributed by atoms with Gasteiger partial charge in [-0.2, -0.15) is 0 Å². The van der Waals surface area contributed by atoms with Crippen molar-refractivity contribution in [3.8, 4) is 0 Å². The number of hydrogen-bond acceptors (Lipinski definition) is 6. The predicted molar refractivity (Wildman–Crippen MR) is 357 cm³/mol. The van der Waals surface area contributed by atoms with E-state index in [0.717, 1.165) is 167 Å². The topological polar surface area (TPSA) is 78.9 Å². The van der Waals surface area contributed by atoms with Gasteiger partial charge in [-0.15, -0.1) is 0 Å². The first-order valence-corrected chi connectivity index (χ1v) is 33.5. The molecule has 0 fully saturated rings. The maximum absolute atomic E-state index is 12.9. The molecule has 0 rings (SSSR count). The molecule has 0 saturated heterocycles. The lowest BCUT2D eigenvalue weighted by atomic mass is 10.1. The van der Waals surface area contributed by atoms with Crippen LogP contribution in [0.25, 0.3) is 0 Å². The highest BCUT2D eigenvalue weighted by atomic mass is 16.6. The summed E-state index contributed by atoms with van der Waals surface area (Å²) in [6.45, 7) is 6.33. The number of unbranched alkanes of at least 4 members (excludes halogenated alkanes) is 22. The van der Waals surface area contributed by atoms with Gasteiger partial charge in [0.15, 0.2) is 6.10 Å². The Kier molecular flexibility index (Phi) is 64.4. The fourth-order valence-corrected chi connectivity index (χ4v) is 8.80. The highest BCUT2D eigenvalue weighted by Gasteiger charge is 2.19. The molecule has 0 saturated carbocycles. The number of ether oxygens (including phenoxy) is 3. The van der Waals surface area contributed by atoms with E-state index in [1.807, 2.05) is 0 Å². The summed E-state index contributed by atoms with van der Waals surface area (Å²) in [7, 11) is 0. The Bertz CT molecular complexity index is 1830. The van der Waals surface area contributed by atoms with E-state index < -0.39 is 6.10 Å². The van der Waals surface area contributed by atoms with E-state index in [0.29, 0.717) is 19.3 Å². The standard InChI is InChI=1S/C76H122O6/c1-4-7-10-13-16-19-22-24-26-28-30-32-34-36-37-38-39-41-42-44-46-48-50-52-54-57-60-63-66-69-75(78)81-72-73(71-80-74(77)68-65-62-59-56-21-18-15-12-9-6-3)82-76(79)70-67-64-61-58-55-53-51-49-47-45-43-40-35-33-31-29-27-25-23-20-17-14-11-8-5-2/h7-8,10-12,15-17,19-20,24-27,30-33,36-37,39-41,43,47,49,73H,4-6,9,13-14,18,21-23,28-29,34-35,38,42,44-46,48,50-72H2,1-3H3/b10-7-,11-8-,15-12-,19-16-,20-17-,26-24-,27-25-,32-30-,33-31-,37-36-,41-39-,43-40-,49-47-. The Morgan fingerprint density at radius 3 is 0.756 bits per heavy atom. The van der Waals surface area contributed by atoms with E-state index in [2.05, 4.69) is 179 Å². The smallest absolute Gasteiger partial charge is 0.306 e. The molecule has 462 valence electrons. The second-order valence-corrected chi connectivity index (χ2v) is 21.6. The van der Waals surface area contributed by atoms with Gasteiger partial charge in [-0.25, -0.2) is 0 Å². The predicted octanol–water partition coefficient (Wildman–Crippen LogP) is 23.3. The zero-order valence-electron chi connectivity index (χ0n) is 52.9. The number of hydrogen-bond donors (Lipinski definition) is 0. The molecule has 1 atom stereocenters. The van der Waals surface area contributed by atoms with Crippen LogP contribution in [0.3, 0.4) is 0 Å². The van der Waals surface area contributed by atoms with Crippen LogP contribution in [0.1, 0.15) is 284 Å². The first kappa shape index (κ1) is 77.0. The van der Waals surface area contributed by atoms with Gasteiger partial charge in [0.05, 0.1) is 0 Å². The molecule has 0 spiro atoms. The van der Waals surface area contributed by atoms with Gasteiger partial charge in [0, 0.05) is 19.3 Å². The first-order chi connectivity index (χ1) is 40.5. The summed E-state index contributed by atoms with van der Waals surface area (Å²) >= 11 is 0. The Morgan fingerprint density at radius 1 is 0.256 bits per heavy atom. The van der Waals surface area contributed by atoms with E-state index in [4.69, 9.17) is 14.2 Å². The Morgan fingerprint density at radius 2 is 0.476 bits per heavy atom. The molecule has 0 aromatic carbocycles. The van der Waals surface area contributed by atoms with Gasteiger partial charge in [-0.1, -0.05) is 281 Å². The van der Waals surface area contributed by atoms with Crippen molar-refractivity contribution in [1.29, 1.82) is 0 Å². The van der Waals surface area contributed by atoms with E-state index in [9.17, 15) is 14.4 Å². The zero-order valence-corrected chi connectivity index (χ0v) is 52.9. The lowest BCUT2D eigenvalue weighted by Gasteiger charge is -2.18. The van der Waals surface area contributed by atoms with Crippen molar-refractivity contribution in [2.75, 3.05) is 13.2 Å². The van der Waals surface area contributed by atoms with Gasteiger partial charge in [0.25, 0.3) is 0 Å². The monoisotopic (exact) mass is 1130 g/mol. The Balaban J connectivity index is 4.30. The Hall–Kier alpha value is -4.97. The third-order valence-electron chi connectivity index (χ3n) is 13.7. The van der Waals surface area contributed by atoms with Crippen molar-refractivity contribution in [2.24, 2.45) is 0 Å². The molecule has 1 unspecified atom stereocenters. The third-order valence-corrected chi connectivity index (χ3v) is 13.7. The van der Waals surface area contributed by atoms with Crippen LogP contribution in [0.2, 0.25) is 0 Å². The molecule has 82 heavy (non-hydrogen) atoms. The maximum Gasteiger partial charge on any atom is 0.306 e. The maximum atomic E-state index is 12.9. The van der Waals surface area contributed by atoms with Crippen LogP contribution < -0.4 is 0 Å². The molecule has 0 radical (unpaired) electrons. The van der Waals surface area contributed by atoms with Gasteiger partial charge in [0.1, 0.15) is 13.2 Å². The molecule has 0 aromatic rings. The average Bonchev–Trinajstić information content (AvgIpc) is 3.48. The van der Waals surface area contributed by atoms with Crippen LogP contribution in [0.5, 0.6) is 0 Å². The largest absolute Gasteiger partial charge is 0.462 e. The van der Waals surface area contributed by atoms with E-state index in [1.165, 1.54) is 77.0 Å². The summed E-state index contributed by atoms with van der Waals surface area (Å²) in [6, 6.07) is 0. The Labute approximate surface area is 505 Å². The third kappa shape index (κ3) is 65.8. The fraction of sp³-hybridized carbons (Fsp3) is 0.618. The summed E-state index contributed by atoms with van der Waals surface area (Å²) in [4.78, 5) is 38.3. The molecule has 0 aliphatic rings. The van der Waals surface area contributed by atoms with Crippen LogP contribution >= 0.6 is 0 Å². The molecule has 0 aliphatic heterocycles. The summed E-state index contributed by atoms with van der Waals surface area (Å²) in [5.74, 6) is -0.925. The second-order valence-electron chi connectivity index (χ2n) is 21.6. The lowest BCUT2D eigenvalue weighted by Crippen LogP contribution is -2.30. The zero-order chi connectivity index (χ0) is 59.2. The molecular formula is C76H122O6. The second kappa shape index (κ2) is 68.5. The molecule has 6 nitrogen and oxygen atoms in total. The molecule has 0 N–H and O–H groups in total. The van der Waals surface area contributed by atoms with E-state index in [1.54, 1.807) is 0 Å². The molecule has 0 bridgehead atoms. The molecule has 0 amide bonds. The van der Waals surface area contributed by atoms with Crippen LogP contribution in [-0.2, 0) is 28.6 Å². The number of esters is 3. The summed E-state index contributed by atoms with van der Waals surface area (Å²) in [6.07, 6.45) is 99.7.